The molecule has 2 N–H and O–H groups in total. The van der Waals surface area contributed by atoms with E-state index >= 15 is 0 Å². The molecule has 0 bridgehead atoms. The van der Waals surface area contributed by atoms with E-state index in [1.165, 1.54) is 0 Å². The summed E-state index contributed by atoms with van der Waals surface area (Å²) in [5.74, 6) is 0. The van der Waals surface area contributed by atoms with Crippen LogP contribution >= 0.6 is 11.3 Å². The highest BCUT2D eigenvalue weighted by Gasteiger charge is 2.11. The Kier molecular flexibility index (Phi) is 6.61. The van der Waals surface area contributed by atoms with Crippen LogP contribution in [0.15, 0.2) is 16.8 Å². The van der Waals surface area contributed by atoms with Gasteiger partial charge in [0, 0.05) is 27.3 Å². The van der Waals surface area contributed by atoms with Gasteiger partial charge < -0.3 is 20.1 Å². The first-order valence-electron chi connectivity index (χ1n) is 5.33. The third kappa shape index (κ3) is 5.16. The van der Waals surface area contributed by atoms with Crippen LogP contribution in [0.4, 0.5) is 4.79 Å². The molecule has 0 saturated carbocycles. The van der Waals surface area contributed by atoms with E-state index in [9.17, 15) is 4.79 Å². The lowest BCUT2D eigenvalue weighted by molar-refractivity contribution is 0.104. The third-order valence-corrected chi connectivity index (χ3v) is 2.94. The maximum Gasteiger partial charge on any atom is 0.314 e. The predicted octanol–water partition coefficient (Wildman–Crippen LogP) is 1.38. The first-order valence-corrected chi connectivity index (χ1v) is 6.27. The molecule has 1 atom stereocenters. The van der Waals surface area contributed by atoms with Crippen molar-refractivity contribution in [3.8, 4) is 0 Å². The monoisotopic (exact) mass is 258 g/mol. The van der Waals surface area contributed by atoms with E-state index in [0.717, 1.165) is 5.56 Å². The molecule has 1 rings (SSSR count). The van der Waals surface area contributed by atoms with E-state index in [0.29, 0.717) is 19.7 Å². The van der Waals surface area contributed by atoms with Crippen molar-refractivity contribution in [2.45, 2.75) is 6.10 Å². The number of methoxy groups -OCH3 is 2. The van der Waals surface area contributed by atoms with E-state index in [-0.39, 0.29) is 12.1 Å². The summed E-state index contributed by atoms with van der Waals surface area (Å²) in [6, 6.07) is 1.78. The number of ether oxygens (including phenoxy) is 2. The maximum absolute atomic E-state index is 11.4. The second-order valence-electron chi connectivity index (χ2n) is 3.41. The highest BCUT2D eigenvalue weighted by molar-refractivity contribution is 7.07. The van der Waals surface area contributed by atoms with E-state index in [2.05, 4.69) is 10.6 Å². The summed E-state index contributed by atoms with van der Waals surface area (Å²) in [6.45, 7) is 1.45. The van der Waals surface area contributed by atoms with Gasteiger partial charge >= 0.3 is 6.03 Å². The Morgan fingerprint density at radius 2 is 2.29 bits per heavy atom. The molecule has 2 amide bonds. The van der Waals surface area contributed by atoms with Crippen LogP contribution in [0.3, 0.4) is 0 Å². The van der Waals surface area contributed by atoms with E-state index in [4.69, 9.17) is 9.47 Å². The average Bonchev–Trinajstić information content (AvgIpc) is 2.84. The number of amides is 2. The zero-order valence-electron chi connectivity index (χ0n) is 10.1. The van der Waals surface area contributed by atoms with Gasteiger partial charge in [0.2, 0.25) is 0 Å². The summed E-state index contributed by atoms with van der Waals surface area (Å²) in [7, 11) is 3.23. The van der Waals surface area contributed by atoms with Crippen LogP contribution in [0.25, 0.3) is 0 Å². The minimum atomic E-state index is -0.209. The molecule has 1 unspecified atom stereocenters. The number of rotatable bonds is 7. The minimum Gasteiger partial charge on any atom is -0.383 e. The normalized spacial score (nSPS) is 12.1. The summed E-state index contributed by atoms with van der Waals surface area (Å²) in [4.78, 5) is 11.4. The first kappa shape index (κ1) is 14.0. The molecule has 96 valence electrons. The van der Waals surface area contributed by atoms with Crippen molar-refractivity contribution in [1.82, 2.24) is 10.6 Å². The van der Waals surface area contributed by atoms with Crippen molar-refractivity contribution in [3.63, 3.8) is 0 Å². The molecule has 0 aliphatic carbocycles. The highest BCUT2D eigenvalue weighted by atomic mass is 32.1. The summed E-state index contributed by atoms with van der Waals surface area (Å²) >= 11 is 1.61. The fraction of sp³-hybridized carbons (Fsp3) is 0.545. The van der Waals surface area contributed by atoms with Crippen molar-refractivity contribution in [1.29, 1.82) is 0 Å². The average molecular weight is 258 g/mol. The summed E-state index contributed by atoms with van der Waals surface area (Å²) in [5.41, 5.74) is 1.08. The van der Waals surface area contributed by atoms with Crippen LogP contribution in [-0.4, -0.2) is 39.9 Å². The Labute approximate surface area is 105 Å². The summed E-state index contributed by atoms with van der Waals surface area (Å²) in [5, 5.41) is 9.43. The van der Waals surface area contributed by atoms with Gasteiger partial charge in [0.25, 0.3) is 0 Å². The van der Waals surface area contributed by atoms with Crippen molar-refractivity contribution in [2.75, 3.05) is 33.9 Å². The van der Waals surface area contributed by atoms with Crippen molar-refractivity contribution in [2.24, 2.45) is 0 Å². The number of thiophene rings is 1. The van der Waals surface area contributed by atoms with Gasteiger partial charge in [-0.1, -0.05) is 0 Å². The van der Waals surface area contributed by atoms with Crippen LogP contribution in [0.1, 0.15) is 11.7 Å². The molecule has 1 aromatic rings. The predicted molar refractivity (Wildman–Crippen MR) is 67.3 cm³/mol. The highest BCUT2D eigenvalue weighted by Crippen LogP contribution is 2.18. The second kappa shape index (κ2) is 8.05. The zero-order valence-corrected chi connectivity index (χ0v) is 10.9. The molecular weight excluding hydrogens is 240 g/mol. The van der Waals surface area contributed by atoms with Gasteiger partial charge in [-0.3, -0.25) is 0 Å². The van der Waals surface area contributed by atoms with Crippen molar-refractivity contribution in [3.05, 3.63) is 22.4 Å². The first-order chi connectivity index (χ1) is 8.27. The van der Waals surface area contributed by atoms with Crippen molar-refractivity contribution >= 4 is 17.4 Å². The molecule has 0 aliphatic rings. The number of hydrogen-bond acceptors (Lipinski definition) is 4. The third-order valence-electron chi connectivity index (χ3n) is 2.24. The Balaban J connectivity index is 2.26. The van der Waals surface area contributed by atoms with Crippen molar-refractivity contribution < 1.29 is 14.3 Å². The van der Waals surface area contributed by atoms with Gasteiger partial charge in [0.1, 0.15) is 6.10 Å². The molecule has 0 fully saturated rings. The van der Waals surface area contributed by atoms with Gasteiger partial charge in [-0.05, 0) is 22.4 Å². The number of hydrogen-bond donors (Lipinski definition) is 2. The quantitative estimate of drug-likeness (QED) is 0.726. The zero-order chi connectivity index (χ0) is 12.5. The second-order valence-corrected chi connectivity index (χ2v) is 4.19. The molecule has 1 aromatic heterocycles. The maximum atomic E-state index is 11.4. The molecule has 0 aliphatic heterocycles. The van der Waals surface area contributed by atoms with E-state index < -0.39 is 0 Å². The summed E-state index contributed by atoms with van der Waals surface area (Å²) in [6.07, 6.45) is -0.102. The van der Waals surface area contributed by atoms with Gasteiger partial charge in [-0.25, -0.2) is 4.79 Å². The van der Waals surface area contributed by atoms with Gasteiger partial charge in [-0.2, -0.15) is 11.3 Å². The lowest BCUT2D eigenvalue weighted by Crippen LogP contribution is -2.39. The van der Waals surface area contributed by atoms with Crippen LogP contribution in [-0.2, 0) is 9.47 Å². The minimum absolute atomic E-state index is 0.102. The molecule has 0 saturated heterocycles. The smallest absolute Gasteiger partial charge is 0.314 e. The van der Waals surface area contributed by atoms with Gasteiger partial charge in [0.15, 0.2) is 0 Å². The number of carbonyl (C=O) groups excluding carboxylic acids is 1. The fourth-order valence-corrected chi connectivity index (χ4v) is 2.01. The Bertz CT molecular complexity index is 317. The van der Waals surface area contributed by atoms with Gasteiger partial charge in [-0.15, -0.1) is 0 Å². The van der Waals surface area contributed by atoms with Gasteiger partial charge in [0.05, 0.1) is 6.61 Å². The van der Waals surface area contributed by atoms with Crippen LogP contribution in [0.5, 0.6) is 0 Å². The topological polar surface area (TPSA) is 59.6 Å². The van der Waals surface area contributed by atoms with Crippen LogP contribution in [0, 0.1) is 0 Å². The lowest BCUT2D eigenvalue weighted by Gasteiger charge is -2.15. The number of nitrogens with one attached hydrogen (secondary N) is 2. The number of urea groups is 1. The van der Waals surface area contributed by atoms with Crippen LogP contribution in [0.2, 0.25) is 0 Å². The Hall–Kier alpha value is -1.11. The molecule has 17 heavy (non-hydrogen) atoms. The molecule has 1 heterocycles. The standard InChI is InChI=1S/C11H18N2O3S/c1-15-5-4-12-11(14)13-7-10(16-2)9-3-6-17-8-9/h3,6,8,10H,4-5,7H2,1-2H3,(H2,12,13,14). The molecule has 6 heteroatoms. The van der Waals surface area contributed by atoms with E-state index in [1.54, 1.807) is 25.6 Å². The lowest BCUT2D eigenvalue weighted by atomic mass is 10.2. The fourth-order valence-electron chi connectivity index (χ4n) is 1.31. The Morgan fingerprint density at radius 1 is 1.47 bits per heavy atom. The largest absolute Gasteiger partial charge is 0.383 e. The van der Waals surface area contributed by atoms with Crippen LogP contribution < -0.4 is 10.6 Å². The number of carbonyl (C=O) groups is 1. The SMILES string of the molecule is COCCNC(=O)NCC(OC)c1ccsc1. The Morgan fingerprint density at radius 3 is 2.88 bits per heavy atom. The molecule has 0 spiro atoms. The summed E-state index contributed by atoms with van der Waals surface area (Å²) < 4.78 is 10.1. The molecule has 0 aromatic carbocycles. The van der Waals surface area contributed by atoms with E-state index in [1.807, 2.05) is 16.8 Å². The molecule has 5 nitrogen and oxygen atoms in total. The molecule has 0 radical (unpaired) electrons. The molecular formula is C11H18N2O3S.